The number of nitrogens with zero attached hydrogens (tertiary/aromatic N) is 1. The van der Waals surface area contributed by atoms with Gasteiger partial charge < -0.3 is 5.11 Å². The molecule has 58 valence electrons. The second kappa shape index (κ2) is 3.01. The maximum Gasteiger partial charge on any atom is 0.317 e. The van der Waals surface area contributed by atoms with Crippen LogP contribution in [-0.2, 0) is 4.79 Å². The number of aliphatic carboxylic acids is 1. The van der Waals surface area contributed by atoms with Crippen molar-refractivity contribution in [3.05, 3.63) is 0 Å². The molecule has 1 rings (SSSR count). The summed E-state index contributed by atoms with van der Waals surface area (Å²) < 4.78 is 0. The van der Waals surface area contributed by atoms with Gasteiger partial charge in [-0.1, -0.05) is 6.92 Å². The maximum absolute atomic E-state index is 10.2. The van der Waals surface area contributed by atoms with E-state index in [1.807, 2.05) is 4.90 Å². The number of carboxylic acids is 1. The minimum Gasteiger partial charge on any atom is -0.480 e. The third-order valence-electron chi connectivity index (χ3n) is 1.87. The van der Waals surface area contributed by atoms with E-state index in [-0.39, 0.29) is 6.54 Å². The molecule has 3 nitrogen and oxygen atoms in total. The summed E-state index contributed by atoms with van der Waals surface area (Å²) in [5, 5.41) is 8.42. The van der Waals surface area contributed by atoms with E-state index in [0.29, 0.717) is 5.92 Å². The molecule has 1 fully saturated rings. The van der Waals surface area contributed by atoms with Gasteiger partial charge in [0.25, 0.3) is 0 Å². The third-order valence-corrected chi connectivity index (χ3v) is 1.87. The predicted octanol–water partition coefficient (Wildman–Crippen LogP) is 0.413. The molecule has 0 aliphatic carbocycles. The number of likely N-dealkylation sites (tertiary alicyclic amines) is 1. The van der Waals surface area contributed by atoms with Gasteiger partial charge in [-0.25, -0.2) is 0 Å². The Kier molecular flexibility index (Phi) is 2.27. The van der Waals surface area contributed by atoms with Gasteiger partial charge in [0.05, 0.1) is 6.54 Å². The molecule has 3 heteroatoms. The van der Waals surface area contributed by atoms with Crippen LogP contribution in [0.5, 0.6) is 0 Å². The Morgan fingerprint density at radius 3 is 2.90 bits per heavy atom. The minimum atomic E-state index is -0.714. The van der Waals surface area contributed by atoms with Crippen molar-refractivity contribution in [2.75, 3.05) is 19.6 Å². The lowest BCUT2D eigenvalue weighted by molar-refractivity contribution is -0.138. The molecule has 1 aliphatic heterocycles. The van der Waals surface area contributed by atoms with Crippen LogP contribution in [0, 0.1) is 5.92 Å². The highest BCUT2D eigenvalue weighted by Crippen LogP contribution is 2.13. The van der Waals surface area contributed by atoms with Crippen molar-refractivity contribution in [3.63, 3.8) is 0 Å². The molecule has 0 radical (unpaired) electrons. The molecule has 1 N–H and O–H groups in total. The molecule has 0 aromatic rings. The van der Waals surface area contributed by atoms with Crippen LogP contribution in [0.2, 0.25) is 0 Å². The van der Waals surface area contributed by atoms with E-state index in [1.165, 1.54) is 0 Å². The van der Waals surface area contributed by atoms with E-state index in [4.69, 9.17) is 5.11 Å². The average Bonchev–Trinajstić information content (AvgIpc) is 2.13. The van der Waals surface area contributed by atoms with Gasteiger partial charge in [-0.15, -0.1) is 0 Å². The summed E-state index contributed by atoms with van der Waals surface area (Å²) in [6, 6.07) is 0. The molecule has 1 saturated heterocycles. The third kappa shape index (κ3) is 1.99. The van der Waals surface area contributed by atoms with Crippen LogP contribution in [0.1, 0.15) is 13.3 Å². The first-order valence-corrected chi connectivity index (χ1v) is 3.62. The van der Waals surface area contributed by atoms with Crippen molar-refractivity contribution in [1.29, 1.82) is 0 Å². The molecule has 0 unspecified atom stereocenters. The van der Waals surface area contributed by atoms with Gasteiger partial charge in [-0.05, 0) is 18.9 Å². The van der Waals surface area contributed by atoms with Crippen LogP contribution >= 0.6 is 0 Å². The van der Waals surface area contributed by atoms with Crippen LogP contribution in [0.15, 0.2) is 0 Å². The largest absolute Gasteiger partial charge is 0.480 e. The van der Waals surface area contributed by atoms with Crippen LogP contribution in [-0.4, -0.2) is 35.6 Å². The van der Waals surface area contributed by atoms with E-state index in [1.54, 1.807) is 0 Å². The summed E-state index contributed by atoms with van der Waals surface area (Å²) in [7, 11) is 0. The van der Waals surface area contributed by atoms with Crippen LogP contribution < -0.4 is 0 Å². The van der Waals surface area contributed by atoms with Gasteiger partial charge in [0, 0.05) is 6.54 Å². The van der Waals surface area contributed by atoms with E-state index in [0.717, 1.165) is 19.5 Å². The SMILES string of the molecule is C[C@@H]1CCN(CC(=O)O)C1. The van der Waals surface area contributed by atoms with Gasteiger partial charge in [-0.2, -0.15) is 0 Å². The molecule has 0 saturated carbocycles. The number of carbonyl (C=O) groups is 1. The van der Waals surface area contributed by atoms with Crippen LogP contribution in [0.4, 0.5) is 0 Å². The van der Waals surface area contributed by atoms with Gasteiger partial charge in [0.1, 0.15) is 0 Å². The molecule has 1 atom stereocenters. The summed E-state index contributed by atoms with van der Waals surface area (Å²) in [6.45, 7) is 4.27. The minimum absolute atomic E-state index is 0.213. The molecule has 0 spiro atoms. The molecular formula is C7H13NO2. The second-order valence-electron chi connectivity index (χ2n) is 3.02. The standard InChI is InChI=1S/C7H13NO2/c1-6-2-3-8(4-6)5-7(9)10/h6H,2-5H2,1H3,(H,9,10)/t6-/m1/s1. The molecule has 0 aromatic carbocycles. The van der Waals surface area contributed by atoms with Gasteiger partial charge in [0.2, 0.25) is 0 Å². The van der Waals surface area contributed by atoms with E-state index >= 15 is 0 Å². The van der Waals surface area contributed by atoms with Gasteiger partial charge >= 0.3 is 5.97 Å². The van der Waals surface area contributed by atoms with Crippen molar-refractivity contribution in [2.24, 2.45) is 5.92 Å². The Morgan fingerprint density at radius 1 is 1.80 bits per heavy atom. The van der Waals surface area contributed by atoms with Crippen molar-refractivity contribution in [2.45, 2.75) is 13.3 Å². The fourth-order valence-electron chi connectivity index (χ4n) is 1.36. The normalized spacial score (nSPS) is 27.1. The van der Waals surface area contributed by atoms with Crippen molar-refractivity contribution in [1.82, 2.24) is 4.90 Å². The zero-order valence-corrected chi connectivity index (χ0v) is 6.21. The molecule has 0 aromatic heterocycles. The topological polar surface area (TPSA) is 40.5 Å². The monoisotopic (exact) mass is 143 g/mol. The number of rotatable bonds is 2. The smallest absolute Gasteiger partial charge is 0.317 e. The molecule has 10 heavy (non-hydrogen) atoms. The molecule has 1 heterocycles. The average molecular weight is 143 g/mol. The van der Waals surface area contributed by atoms with Crippen molar-refractivity contribution >= 4 is 5.97 Å². The van der Waals surface area contributed by atoms with Crippen molar-refractivity contribution in [3.8, 4) is 0 Å². The lowest BCUT2D eigenvalue weighted by Gasteiger charge is -2.10. The summed E-state index contributed by atoms with van der Waals surface area (Å²) in [4.78, 5) is 12.2. The second-order valence-corrected chi connectivity index (χ2v) is 3.02. The van der Waals surface area contributed by atoms with Crippen LogP contribution in [0.25, 0.3) is 0 Å². The number of hydrogen-bond donors (Lipinski definition) is 1. The molecule has 0 amide bonds. The number of carboxylic acid groups (broad SMARTS) is 1. The molecule has 0 bridgehead atoms. The summed E-state index contributed by atoms with van der Waals surface area (Å²) in [5.41, 5.74) is 0. The van der Waals surface area contributed by atoms with E-state index < -0.39 is 5.97 Å². The fourth-order valence-corrected chi connectivity index (χ4v) is 1.36. The highest BCUT2D eigenvalue weighted by atomic mass is 16.4. The Bertz CT molecular complexity index is 136. The van der Waals surface area contributed by atoms with Crippen LogP contribution in [0.3, 0.4) is 0 Å². The first kappa shape index (κ1) is 7.54. The van der Waals surface area contributed by atoms with E-state index in [2.05, 4.69) is 6.92 Å². The summed E-state index contributed by atoms with van der Waals surface area (Å²) >= 11 is 0. The van der Waals surface area contributed by atoms with E-state index in [9.17, 15) is 4.79 Å². The lowest BCUT2D eigenvalue weighted by Crippen LogP contribution is -2.27. The van der Waals surface area contributed by atoms with Gasteiger partial charge in [-0.3, -0.25) is 9.69 Å². The zero-order valence-electron chi connectivity index (χ0n) is 6.21. The van der Waals surface area contributed by atoms with Crippen molar-refractivity contribution < 1.29 is 9.90 Å². The summed E-state index contributed by atoms with van der Waals surface area (Å²) in [6.07, 6.45) is 1.15. The first-order chi connectivity index (χ1) is 4.68. The zero-order chi connectivity index (χ0) is 7.56. The number of hydrogen-bond acceptors (Lipinski definition) is 2. The Morgan fingerprint density at radius 2 is 2.50 bits per heavy atom. The lowest BCUT2D eigenvalue weighted by atomic mass is 10.2. The maximum atomic E-state index is 10.2. The first-order valence-electron chi connectivity index (χ1n) is 3.62. The highest BCUT2D eigenvalue weighted by molar-refractivity contribution is 5.69. The molecular weight excluding hydrogens is 130 g/mol. The fraction of sp³-hybridized carbons (Fsp3) is 0.857. The van der Waals surface area contributed by atoms with Gasteiger partial charge in [0.15, 0.2) is 0 Å². The Hall–Kier alpha value is -0.570. The highest BCUT2D eigenvalue weighted by Gasteiger charge is 2.19. The Labute approximate surface area is 60.6 Å². The molecule has 1 aliphatic rings. The Balaban J connectivity index is 2.24. The predicted molar refractivity (Wildman–Crippen MR) is 37.9 cm³/mol. The summed E-state index contributed by atoms with van der Waals surface area (Å²) in [5.74, 6) is -0.0338. The quantitative estimate of drug-likeness (QED) is 0.608.